The Balaban J connectivity index is 1.38. The number of pyridine rings is 1. The van der Waals surface area contributed by atoms with Gasteiger partial charge in [0.05, 0.1) is 11.2 Å². The molecular weight excluding hydrogens is 438 g/mol. The van der Waals surface area contributed by atoms with E-state index in [1.807, 2.05) is 78.9 Å². The Morgan fingerprint density at radius 1 is 0.970 bits per heavy atom. The number of hydrogen-bond acceptors (Lipinski definition) is 5. The van der Waals surface area contributed by atoms with Gasteiger partial charge < -0.3 is 9.15 Å². The Morgan fingerprint density at radius 3 is 2.52 bits per heavy atom. The second kappa shape index (κ2) is 9.14. The molecule has 0 saturated heterocycles. The summed E-state index contributed by atoms with van der Waals surface area (Å²) in [7, 11) is 0. The molecular formula is C26H18ClN3O3. The number of rotatable bonds is 6. The molecule has 7 heteroatoms. The van der Waals surface area contributed by atoms with Crippen molar-refractivity contribution in [1.29, 1.82) is 0 Å². The Labute approximate surface area is 194 Å². The van der Waals surface area contributed by atoms with Crippen molar-refractivity contribution in [2.45, 2.75) is 6.61 Å². The Hall–Kier alpha value is -4.16. The lowest BCUT2D eigenvalue weighted by atomic mass is 10.0. The first-order valence-corrected chi connectivity index (χ1v) is 10.6. The zero-order valence-corrected chi connectivity index (χ0v) is 18.1. The highest BCUT2D eigenvalue weighted by Crippen LogP contribution is 2.26. The van der Waals surface area contributed by atoms with Crippen molar-refractivity contribution in [2.24, 2.45) is 0 Å². The number of halogens is 1. The van der Waals surface area contributed by atoms with E-state index in [9.17, 15) is 4.79 Å². The van der Waals surface area contributed by atoms with Crippen molar-refractivity contribution < 1.29 is 9.15 Å². The molecule has 0 amide bonds. The molecule has 0 radical (unpaired) electrons. The summed E-state index contributed by atoms with van der Waals surface area (Å²) >= 11 is 5.99. The Kier molecular flexibility index (Phi) is 5.74. The smallest absolute Gasteiger partial charge is 0.434 e. The van der Waals surface area contributed by atoms with Crippen LogP contribution < -0.4 is 10.5 Å². The third-order valence-electron chi connectivity index (χ3n) is 5.06. The summed E-state index contributed by atoms with van der Waals surface area (Å²) in [5, 5.41) is 8.04. The molecule has 2 heterocycles. The van der Waals surface area contributed by atoms with Gasteiger partial charge in [0, 0.05) is 16.0 Å². The van der Waals surface area contributed by atoms with E-state index >= 15 is 0 Å². The third-order valence-corrected chi connectivity index (χ3v) is 5.31. The van der Waals surface area contributed by atoms with Gasteiger partial charge in [0.2, 0.25) is 5.89 Å². The minimum absolute atomic E-state index is 0.198. The molecule has 0 spiro atoms. The number of nitrogens with one attached hydrogen (secondary N) is 1. The number of fused-ring (bicyclic) bond motifs is 1. The van der Waals surface area contributed by atoms with E-state index in [0.29, 0.717) is 23.0 Å². The minimum atomic E-state index is -0.616. The highest BCUT2D eigenvalue weighted by atomic mass is 35.5. The number of aromatic amines is 1. The van der Waals surface area contributed by atoms with Gasteiger partial charge in [-0.1, -0.05) is 60.1 Å². The summed E-state index contributed by atoms with van der Waals surface area (Å²) in [4.78, 5) is 16.2. The van der Waals surface area contributed by atoms with Gasteiger partial charge in [0.1, 0.15) is 12.4 Å². The number of ether oxygens (including phenoxy) is 1. The van der Waals surface area contributed by atoms with E-state index in [-0.39, 0.29) is 5.89 Å². The third kappa shape index (κ3) is 4.86. The molecule has 0 aliphatic heterocycles. The SMILES string of the molecule is O=c1[nH]nc(/C(=C/c2ccc(Cl)cc2)c2ccc(OCc3ccc4ccccc4n3)cc2)o1. The average molecular weight is 456 g/mol. The van der Waals surface area contributed by atoms with Crippen LogP contribution in [0, 0.1) is 0 Å². The standard InChI is InChI=1S/C26H18ClN3O3/c27-20-10-5-17(6-11-20)15-23(25-29-30-26(31)33-25)18-8-13-22(14-9-18)32-16-21-12-7-19-3-1-2-4-24(19)28-21/h1-15H,16H2,(H,30,31)/b23-15+. The van der Waals surface area contributed by atoms with E-state index in [1.54, 1.807) is 12.1 Å². The number of benzene rings is 3. The maximum Gasteiger partial charge on any atom is 0.434 e. The van der Waals surface area contributed by atoms with Crippen LogP contribution in [-0.4, -0.2) is 15.2 Å². The zero-order valence-electron chi connectivity index (χ0n) is 17.4. The molecule has 0 bridgehead atoms. The second-order valence-corrected chi connectivity index (χ2v) is 7.77. The van der Waals surface area contributed by atoms with Gasteiger partial charge in [-0.15, -0.1) is 5.10 Å². The number of H-pyrrole nitrogens is 1. The van der Waals surface area contributed by atoms with Crippen LogP contribution in [0.2, 0.25) is 5.02 Å². The summed E-state index contributed by atoms with van der Waals surface area (Å²) in [5.74, 6) is 0.279. The predicted molar refractivity (Wildman–Crippen MR) is 128 cm³/mol. The lowest BCUT2D eigenvalue weighted by Crippen LogP contribution is -1.98. The average Bonchev–Trinajstić information content (AvgIpc) is 3.28. The van der Waals surface area contributed by atoms with Crippen LogP contribution >= 0.6 is 11.6 Å². The highest BCUT2D eigenvalue weighted by Gasteiger charge is 2.12. The van der Waals surface area contributed by atoms with Crippen molar-refractivity contribution in [3.05, 3.63) is 123 Å². The second-order valence-electron chi connectivity index (χ2n) is 7.34. The van der Waals surface area contributed by atoms with Crippen LogP contribution in [0.1, 0.15) is 22.7 Å². The first-order chi connectivity index (χ1) is 16.1. The van der Waals surface area contributed by atoms with Crippen molar-refractivity contribution >= 4 is 34.2 Å². The van der Waals surface area contributed by atoms with Crippen molar-refractivity contribution in [3.63, 3.8) is 0 Å². The molecule has 1 N–H and O–H groups in total. The molecule has 0 aliphatic rings. The highest BCUT2D eigenvalue weighted by molar-refractivity contribution is 6.30. The van der Waals surface area contributed by atoms with Gasteiger partial charge in [-0.3, -0.25) is 0 Å². The monoisotopic (exact) mass is 455 g/mol. The van der Waals surface area contributed by atoms with E-state index in [1.165, 1.54) is 0 Å². The first kappa shape index (κ1) is 20.7. The largest absolute Gasteiger partial charge is 0.487 e. The van der Waals surface area contributed by atoms with E-state index < -0.39 is 5.76 Å². The number of aromatic nitrogens is 3. The van der Waals surface area contributed by atoms with Crippen LogP contribution in [0.15, 0.2) is 94.1 Å². The molecule has 5 rings (SSSR count). The molecule has 162 valence electrons. The molecule has 0 fully saturated rings. The normalized spacial score (nSPS) is 11.6. The van der Waals surface area contributed by atoms with Gasteiger partial charge in [-0.05, 0) is 53.6 Å². The molecule has 0 unspecified atom stereocenters. The molecule has 5 aromatic rings. The van der Waals surface area contributed by atoms with Gasteiger partial charge in [0.25, 0.3) is 0 Å². The summed E-state index contributed by atoms with van der Waals surface area (Å²) in [5.41, 5.74) is 4.14. The molecule has 0 saturated carbocycles. The molecule has 0 aliphatic carbocycles. The Bertz CT molecular complexity index is 1490. The topological polar surface area (TPSA) is 81.0 Å². The van der Waals surface area contributed by atoms with Gasteiger partial charge >= 0.3 is 5.76 Å². The van der Waals surface area contributed by atoms with Crippen molar-refractivity contribution in [1.82, 2.24) is 15.2 Å². The minimum Gasteiger partial charge on any atom is -0.487 e. The van der Waals surface area contributed by atoms with Crippen LogP contribution in [0.3, 0.4) is 0 Å². The van der Waals surface area contributed by atoms with E-state index in [0.717, 1.165) is 27.7 Å². The van der Waals surface area contributed by atoms with Crippen LogP contribution in [0.25, 0.3) is 22.6 Å². The van der Waals surface area contributed by atoms with Crippen LogP contribution in [0.4, 0.5) is 0 Å². The zero-order chi connectivity index (χ0) is 22.6. The van der Waals surface area contributed by atoms with Gasteiger partial charge in [-0.25, -0.2) is 14.9 Å². The fourth-order valence-electron chi connectivity index (χ4n) is 3.42. The molecule has 33 heavy (non-hydrogen) atoms. The first-order valence-electron chi connectivity index (χ1n) is 10.3. The quantitative estimate of drug-likeness (QED) is 0.330. The van der Waals surface area contributed by atoms with Crippen molar-refractivity contribution in [2.75, 3.05) is 0 Å². The molecule has 6 nitrogen and oxygen atoms in total. The summed E-state index contributed by atoms with van der Waals surface area (Å²) in [6.45, 7) is 0.353. The maximum absolute atomic E-state index is 11.5. The molecule has 0 atom stereocenters. The van der Waals surface area contributed by atoms with Crippen molar-refractivity contribution in [3.8, 4) is 5.75 Å². The Morgan fingerprint density at radius 2 is 1.76 bits per heavy atom. The maximum atomic E-state index is 11.5. The van der Waals surface area contributed by atoms with E-state index in [2.05, 4.69) is 15.2 Å². The fraction of sp³-hybridized carbons (Fsp3) is 0.0385. The van der Waals surface area contributed by atoms with Crippen LogP contribution in [-0.2, 0) is 6.61 Å². The lowest BCUT2D eigenvalue weighted by molar-refractivity contribution is 0.302. The number of nitrogens with zero attached hydrogens (tertiary/aromatic N) is 2. The number of para-hydroxylation sites is 1. The number of hydrogen-bond donors (Lipinski definition) is 1. The van der Waals surface area contributed by atoms with E-state index in [4.69, 9.17) is 20.8 Å². The summed E-state index contributed by atoms with van der Waals surface area (Å²) < 4.78 is 11.1. The molecule has 3 aromatic carbocycles. The predicted octanol–water partition coefficient (Wildman–Crippen LogP) is 5.73. The summed E-state index contributed by atoms with van der Waals surface area (Å²) in [6, 6.07) is 26.8. The van der Waals surface area contributed by atoms with Gasteiger partial charge in [0.15, 0.2) is 0 Å². The molecule has 2 aromatic heterocycles. The van der Waals surface area contributed by atoms with Gasteiger partial charge in [-0.2, -0.15) is 0 Å². The van der Waals surface area contributed by atoms with Crippen LogP contribution in [0.5, 0.6) is 5.75 Å². The fourth-order valence-corrected chi connectivity index (χ4v) is 3.54. The lowest BCUT2D eigenvalue weighted by Gasteiger charge is -2.09. The summed E-state index contributed by atoms with van der Waals surface area (Å²) in [6.07, 6.45) is 1.88.